The van der Waals surface area contributed by atoms with Gasteiger partial charge in [0.25, 0.3) is 0 Å². The minimum absolute atomic E-state index is 0.0302. The number of hydrogen-bond donors (Lipinski definition) is 0. The lowest BCUT2D eigenvalue weighted by Crippen LogP contribution is -2.33. The van der Waals surface area contributed by atoms with E-state index in [0.717, 1.165) is 40.9 Å². The second kappa shape index (κ2) is 9.09. The number of fused-ring (bicyclic) bond motifs is 6. The van der Waals surface area contributed by atoms with Crippen LogP contribution in [0.4, 0.5) is 3.89 Å². The zero-order valence-corrected chi connectivity index (χ0v) is 21.2. The molecule has 0 amide bonds. The minimum atomic E-state index is 0.0302. The number of ether oxygens (including phenoxy) is 3. The summed E-state index contributed by atoms with van der Waals surface area (Å²) in [5.74, 6) is 2.53. The smallest absolute Gasteiger partial charge is 0.164 e. The summed E-state index contributed by atoms with van der Waals surface area (Å²) >= 11 is 0.349. The molecule has 1 heterocycles. The fraction of sp³-hybridized carbons (Fsp3) is 0.429. The molecule has 33 heavy (non-hydrogen) atoms. The lowest BCUT2D eigenvalue weighted by atomic mass is 9.66. The van der Waals surface area contributed by atoms with E-state index in [4.69, 9.17) is 14.2 Å². The fourth-order valence-corrected chi connectivity index (χ4v) is 5.85. The van der Waals surface area contributed by atoms with Crippen molar-refractivity contribution in [3.8, 4) is 17.2 Å². The number of rotatable bonds is 3. The van der Waals surface area contributed by atoms with Gasteiger partial charge in [-0.25, -0.2) is 0 Å². The summed E-state index contributed by atoms with van der Waals surface area (Å²) in [6, 6.07) is 5.92. The van der Waals surface area contributed by atoms with Crippen LogP contribution in [-0.2, 0) is 12.8 Å². The first-order chi connectivity index (χ1) is 15.9. The van der Waals surface area contributed by atoms with Crippen molar-refractivity contribution in [2.45, 2.75) is 51.3 Å². The van der Waals surface area contributed by atoms with Crippen LogP contribution in [0.3, 0.4) is 0 Å². The molecule has 2 aromatic rings. The molecule has 3 nitrogen and oxygen atoms in total. The lowest BCUT2D eigenvalue weighted by molar-refractivity contribution is 0.205. The van der Waals surface area contributed by atoms with Crippen LogP contribution in [0.2, 0.25) is 0 Å². The van der Waals surface area contributed by atoms with E-state index in [2.05, 4.69) is 32.6 Å². The van der Waals surface area contributed by atoms with E-state index in [1.807, 2.05) is 32.0 Å². The third-order valence-corrected chi connectivity index (χ3v) is 7.46. The molecule has 2 aliphatic carbocycles. The van der Waals surface area contributed by atoms with Gasteiger partial charge in [0.2, 0.25) is 0 Å². The van der Waals surface area contributed by atoms with Crippen LogP contribution in [0.5, 0.6) is 17.2 Å². The Bertz CT molecular complexity index is 1120. The van der Waals surface area contributed by atoms with Gasteiger partial charge in [-0.2, -0.15) is 3.89 Å². The zero-order chi connectivity index (χ0) is 23.9. The Morgan fingerprint density at radius 1 is 1.09 bits per heavy atom. The molecule has 3 aliphatic rings. The van der Waals surface area contributed by atoms with Crippen molar-refractivity contribution < 1.29 is 18.1 Å². The molecular formula is C28H33FO3S. The van der Waals surface area contributed by atoms with Crippen molar-refractivity contribution in [3.63, 3.8) is 0 Å². The first-order valence-corrected chi connectivity index (χ1v) is 12.3. The maximum absolute atomic E-state index is 14.0. The average molecular weight is 469 g/mol. The first-order valence-electron chi connectivity index (χ1n) is 11.6. The molecule has 0 saturated heterocycles. The van der Waals surface area contributed by atoms with Crippen LogP contribution < -0.4 is 14.2 Å². The normalized spacial score (nSPS) is 21.4. The predicted octanol–water partition coefficient (Wildman–Crippen LogP) is 7.66. The molecule has 0 N–H and O–H groups in total. The first kappa shape index (κ1) is 23.7. The Balaban J connectivity index is 0.00000126. The summed E-state index contributed by atoms with van der Waals surface area (Å²) in [6.45, 7) is 13.5. The van der Waals surface area contributed by atoms with Crippen molar-refractivity contribution in [2.24, 2.45) is 11.3 Å². The Morgan fingerprint density at radius 2 is 1.79 bits per heavy atom. The SMILES string of the molecule is C=C1c2cc(SF)c3c(c2C[C@@H]2COc4cc(OC)c(OC)cc4[C@H]12)C=CC(C)(C)C3.CC. The Morgan fingerprint density at radius 3 is 2.45 bits per heavy atom. The monoisotopic (exact) mass is 468 g/mol. The van der Waals surface area contributed by atoms with Gasteiger partial charge in [0, 0.05) is 28.4 Å². The molecule has 0 saturated carbocycles. The highest BCUT2D eigenvalue weighted by Crippen LogP contribution is 2.54. The maximum atomic E-state index is 14.0. The van der Waals surface area contributed by atoms with Crippen molar-refractivity contribution in [2.75, 3.05) is 20.8 Å². The van der Waals surface area contributed by atoms with Crippen LogP contribution in [0.1, 0.15) is 61.4 Å². The van der Waals surface area contributed by atoms with E-state index >= 15 is 0 Å². The van der Waals surface area contributed by atoms with Gasteiger partial charge in [0.05, 0.1) is 33.0 Å². The summed E-state index contributed by atoms with van der Waals surface area (Å²) in [7, 11) is 3.26. The third-order valence-electron chi connectivity index (χ3n) is 6.93. The average Bonchev–Trinajstić information content (AvgIpc) is 2.83. The number of benzene rings is 2. The molecule has 0 aromatic heterocycles. The summed E-state index contributed by atoms with van der Waals surface area (Å²) in [5, 5.41) is 0. The highest BCUT2D eigenvalue weighted by atomic mass is 32.2. The summed E-state index contributed by atoms with van der Waals surface area (Å²) in [4.78, 5) is 0.713. The molecule has 1 aliphatic heterocycles. The topological polar surface area (TPSA) is 27.7 Å². The Kier molecular flexibility index (Phi) is 6.54. The maximum Gasteiger partial charge on any atom is 0.164 e. The molecular weight excluding hydrogens is 435 g/mol. The quantitative estimate of drug-likeness (QED) is 0.462. The van der Waals surface area contributed by atoms with Gasteiger partial charge >= 0.3 is 0 Å². The van der Waals surface area contributed by atoms with Crippen molar-refractivity contribution in [1.82, 2.24) is 0 Å². The molecule has 0 bridgehead atoms. The van der Waals surface area contributed by atoms with E-state index in [-0.39, 0.29) is 17.3 Å². The van der Waals surface area contributed by atoms with Gasteiger partial charge in [-0.15, -0.1) is 0 Å². The van der Waals surface area contributed by atoms with Crippen molar-refractivity contribution in [1.29, 1.82) is 0 Å². The molecule has 2 atom stereocenters. The Labute approximate surface area is 201 Å². The molecule has 2 aromatic carbocycles. The van der Waals surface area contributed by atoms with Gasteiger partial charge in [0.15, 0.2) is 11.5 Å². The van der Waals surface area contributed by atoms with Crippen molar-refractivity contribution in [3.05, 3.63) is 58.7 Å². The largest absolute Gasteiger partial charge is 0.493 e. The zero-order valence-electron chi connectivity index (χ0n) is 20.4. The summed E-state index contributed by atoms with van der Waals surface area (Å²) < 4.78 is 31.2. The van der Waals surface area contributed by atoms with Gasteiger partial charge in [-0.1, -0.05) is 46.4 Å². The molecule has 0 unspecified atom stereocenters. The predicted molar refractivity (Wildman–Crippen MR) is 135 cm³/mol. The van der Waals surface area contributed by atoms with E-state index in [1.54, 1.807) is 14.2 Å². The van der Waals surface area contributed by atoms with E-state index in [9.17, 15) is 3.89 Å². The van der Waals surface area contributed by atoms with Gasteiger partial charge in [-0.3, -0.25) is 0 Å². The molecule has 0 fully saturated rings. The standard InChI is InChI=1S/C26H27FO3S.C2H6/c1-14-17-10-24(31-27)20-12-26(2,3)7-6-16(20)18(17)8-15-13-30-21-11-23(29-5)22(28-4)9-19(21)25(14)15;1-2/h6-7,9-11,15,25H,1,8,12-13H2,2-5H3;1-2H3/t15-,25-;/m1./s1. The van der Waals surface area contributed by atoms with Crippen LogP contribution in [0.25, 0.3) is 11.6 Å². The molecule has 5 heteroatoms. The molecule has 176 valence electrons. The number of allylic oxidation sites excluding steroid dienone is 2. The summed E-state index contributed by atoms with van der Waals surface area (Å²) in [6.07, 6.45) is 6.17. The van der Waals surface area contributed by atoms with Gasteiger partial charge in [0.1, 0.15) is 5.75 Å². The van der Waals surface area contributed by atoms with Crippen LogP contribution in [-0.4, -0.2) is 20.8 Å². The highest BCUT2D eigenvalue weighted by molar-refractivity contribution is 7.94. The fourth-order valence-electron chi connectivity index (χ4n) is 5.42. The Hall–Kier alpha value is -2.40. The van der Waals surface area contributed by atoms with Crippen LogP contribution in [0, 0.1) is 11.3 Å². The molecule has 0 spiro atoms. The van der Waals surface area contributed by atoms with Crippen LogP contribution >= 0.6 is 12.1 Å². The van der Waals surface area contributed by atoms with E-state index in [1.165, 1.54) is 11.1 Å². The van der Waals surface area contributed by atoms with Crippen molar-refractivity contribution >= 4 is 23.8 Å². The summed E-state index contributed by atoms with van der Waals surface area (Å²) in [5.41, 5.74) is 6.77. The van der Waals surface area contributed by atoms with E-state index < -0.39 is 0 Å². The molecule has 0 radical (unpaired) electrons. The van der Waals surface area contributed by atoms with Gasteiger partial charge in [-0.05, 0) is 58.2 Å². The second-order valence-corrected chi connectivity index (χ2v) is 9.99. The third kappa shape index (κ3) is 3.95. The highest BCUT2D eigenvalue weighted by Gasteiger charge is 2.40. The number of hydrogen-bond acceptors (Lipinski definition) is 4. The van der Waals surface area contributed by atoms with E-state index in [0.29, 0.717) is 35.1 Å². The molecule has 5 rings (SSSR count). The lowest BCUT2D eigenvalue weighted by Gasteiger charge is -2.41. The number of methoxy groups -OCH3 is 2. The van der Waals surface area contributed by atoms with Gasteiger partial charge < -0.3 is 14.2 Å². The number of halogens is 1. The minimum Gasteiger partial charge on any atom is -0.493 e. The second-order valence-electron chi connectivity index (χ2n) is 9.39. The van der Waals surface area contributed by atoms with Crippen LogP contribution in [0.15, 0.2) is 35.7 Å².